The van der Waals surface area contributed by atoms with Crippen LogP contribution in [0.3, 0.4) is 0 Å². The summed E-state index contributed by atoms with van der Waals surface area (Å²) in [6, 6.07) is 17.4. The van der Waals surface area contributed by atoms with Gasteiger partial charge in [-0.3, -0.25) is 15.1 Å². The van der Waals surface area contributed by atoms with Gasteiger partial charge in [0.25, 0.3) is 0 Å². The maximum absolute atomic E-state index is 13.3. The van der Waals surface area contributed by atoms with Gasteiger partial charge in [0, 0.05) is 37.8 Å². The van der Waals surface area contributed by atoms with Crippen LogP contribution in [0.5, 0.6) is 5.75 Å². The second-order valence-electron chi connectivity index (χ2n) is 9.86. The van der Waals surface area contributed by atoms with Crippen molar-refractivity contribution >= 4 is 72.8 Å². The summed E-state index contributed by atoms with van der Waals surface area (Å²) in [4.78, 5) is 2.00. The third-order valence-corrected chi connectivity index (χ3v) is 10.5. The van der Waals surface area contributed by atoms with Gasteiger partial charge in [-0.2, -0.15) is 0 Å². The fourth-order valence-corrected chi connectivity index (χ4v) is 8.07. The van der Waals surface area contributed by atoms with Gasteiger partial charge in [0.05, 0.1) is 18.1 Å². The Morgan fingerprint density at radius 2 is 1.56 bits per heavy atom. The number of nitrogen functional groups attached to an aromatic ring is 1. The van der Waals surface area contributed by atoms with E-state index in [2.05, 4.69) is 0 Å². The number of nitrogens with two attached hydrogens (primary N) is 1. The first kappa shape index (κ1) is 34.1. The number of piperidine rings is 1. The molecule has 3 aromatic carbocycles. The summed E-state index contributed by atoms with van der Waals surface area (Å²) in [5.74, 6) is 1.06. The number of fused-ring (bicyclic) bond motifs is 1. The van der Waals surface area contributed by atoms with Crippen molar-refractivity contribution in [1.82, 2.24) is 4.90 Å². The molecule has 0 saturated carbocycles. The Morgan fingerprint density at radius 1 is 0.951 bits per heavy atom. The molecule has 0 unspecified atom stereocenters. The summed E-state index contributed by atoms with van der Waals surface area (Å²) in [5, 5.41) is 16.1. The van der Waals surface area contributed by atoms with Crippen LogP contribution in [0.2, 0.25) is 0 Å². The summed E-state index contributed by atoms with van der Waals surface area (Å²) in [5.41, 5.74) is 7.14. The Kier molecular flexibility index (Phi) is 11.4. The molecule has 4 N–H and O–H groups in total. The van der Waals surface area contributed by atoms with Crippen LogP contribution < -0.4 is 14.8 Å². The van der Waals surface area contributed by atoms with Crippen molar-refractivity contribution in [2.45, 2.75) is 32.4 Å². The summed E-state index contributed by atoms with van der Waals surface area (Å²) >= 11 is 0. The molecular formula is C27H35Cl2N5O5S2. The molecule has 0 amide bonds. The number of sulfone groups is 1. The van der Waals surface area contributed by atoms with Crippen molar-refractivity contribution in [2.24, 2.45) is 5.73 Å². The van der Waals surface area contributed by atoms with E-state index in [1.807, 2.05) is 23.1 Å². The maximum atomic E-state index is 13.3. The second kappa shape index (κ2) is 13.7. The topological polar surface area (TPSA) is 158 Å². The number of sulfonamides is 1. The molecule has 0 spiro atoms. The monoisotopic (exact) mass is 643 g/mol. The fourth-order valence-electron chi connectivity index (χ4n) is 4.60. The fraction of sp³-hybridized carbons (Fsp3) is 0.333. The lowest BCUT2D eigenvalue weighted by atomic mass is 10.0. The van der Waals surface area contributed by atoms with E-state index < -0.39 is 24.9 Å². The number of benzene rings is 3. The van der Waals surface area contributed by atoms with Gasteiger partial charge in [0.2, 0.25) is 10.0 Å². The Balaban J connectivity index is 0.00000294. The number of likely N-dealkylation sites (tertiary alicyclic amines) is 1. The maximum Gasteiger partial charge on any atom is 0.249 e. The van der Waals surface area contributed by atoms with Gasteiger partial charge >= 0.3 is 0 Å². The molecule has 224 valence electrons. The molecule has 0 aromatic heterocycles. The second-order valence-corrected chi connectivity index (χ2v) is 14.3. The zero-order chi connectivity index (χ0) is 28.4. The normalized spacial score (nSPS) is 14.0. The van der Waals surface area contributed by atoms with E-state index in [1.54, 1.807) is 49.4 Å². The lowest BCUT2D eigenvalue weighted by Gasteiger charge is -2.33. The van der Waals surface area contributed by atoms with E-state index in [4.69, 9.17) is 21.3 Å². The number of nitrogens with zero attached hydrogens (tertiary/aromatic N) is 2. The van der Waals surface area contributed by atoms with Gasteiger partial charge in [-0.25, -0.2) is 16.8 Å². The molecule has 41 heavy (non-hydrogen) atoms. The molecule has 0 bridgehead atoms. The van der Waals surface area contributed by atoms with E-state index in [-0.39, 0.29) is 43.3 Å². The van der Waals surface area contributed by atoms with E-state index in [0.29, 0.717) is 28.4 Å². The number of halogens is 2. The van der Waals surface area contributed by atoms with Crippen LogP contribution in [0, 0.1) is 10.8 Å². The molecule has 1 heterocycles. The quantitative estimate of drug-likeness (QED) is 0.233. The van der Waals surface area contributed by atoms with Gasteiger partial charge in [0.15, 0.2) is 14.9 Å². The molecule has 4 rings (SSSR count). The highest BCUT2D eigenvalue weighted by molar-refractivity contribution is 8.08. The van der Waals surface area contributed by atoms with E-state index in [9.17, 15) is 16.8 Å². The average Bonchev–Trinajstić information content (AvgIpc) is 2.86. The molecule has 0 atom stereocenters. The minimum Gasteiger partial charge on any atom is -0.490 e. The average molecular weight is 645 g/mol. The zero-order valence-corrected chi connectivity index (χ0v) is 26.0. The SMILES string of the molecule is CC(=N)N1CCC(Oc2ccc(N(Cc3ccc4ccc(C(=N)N)cc4c3)S(=O)(=O)CS(C)(=O)=O)cc2)CC1.Cl.Cl. The lowest BCUT2D eigenvalue weighted by molar-refractivity contribution is 0.130. The zero-order valence-electron chi connectivity index (χ0n) is 22.7. The van der Waals surface area contributed by atoms with Crippen molar-refractivity contribution in [3.63, 3.8) is 0 Å². The summed E-state index contributed by atoms with van der Waals surface area (Å²) in [6.07, 6.45) is 2.44. The third-order valence-electron chi connectivity index (χ3n) is 6.58. The van der Waals surface area contributed by atoms with Gasteiger partial charge < -0.3 is 15.4 Å². The minimum absolute atomic E-state index is 0. The van der Waals surface area contributed by atoms with Gasteiger partial charge in [0.1, 0.15) is 17.7 Å². The summed E-state index contributed by atoms with van der Waals surface area (Å²) < 4.78 is 57.7. The van der Waals surface area contributed by atoms with Gasteiger partial charge in [-0.15, -0.1) is 24.8 Å². The predicted molar refractivity (Wildman–Crippen MR) is 169 cm³/mol. The molecule has 1 saturated heterocycles. The largest absolute Gasteiger partial charge is 0.490 e. The number of anilines is 1. The first-order valence-corrected chi connectivity index (χ1v) is 16.1. The van der Waals surface area contributed by atoms with Crippen molar-refractivity contribution < 1.29 is 21.6 Å². The number of hydrogen-bond acceptors (Lipinski definition) is 7. The van der Waals surface area contributed by atoms with Crippen LogP contribution in [-0.4, -0.2) is 63.9 Å². The van der Waals surface area contributed by atoms with Crippen molar-refractivity contribution in [3.8, 4) is 5.75 Å². The molecular weight excluding hydrogens is 609 g/mol. The molecule has 1 fully saturated rings. The van der Waals surface area contributed by atoms with E-state index in [1.165, 1.54) is 0 Å². The van der Waals surface area contributed by atoms with Crippen molar-refractivity contribution in [3.05, 3.63) is 71.8 Å². The Labute approximate surface area is 253 Å². The molecule has 3 aromatic rings. The first-order valence-electron chi connectivity index (χ1n) is 12.4. The van der Waals surface area contributed by atoms with E-state index in [0.717, 1.165) is 47.3 Å². The van der Waals surface area contributed by atoms with Crippen LogP contribution in [0.4, 0.5) is 5.69 Å². The molecule has 0 radical (unpaired) electrons. The molecule has 1 aliphatic rings. The Hall–Kier alpha value is -3.06. The van der Waals surface area contributed by atoms with Crippen LogP contribution in [0.15, 0.2) is 60.7 Å². The molecule has 1 aliphatic heterocycles. The van der Waals surface area contributed by atoms with Crippen LogP contribution in [0.25, 0.3) is 10.8 Å². The molecule has 10 nitrogen and oxygen atoms in total. The highest BCUT2D eigenvalue weighted by atomic mass is 35.5. The number of nitrogens with one attached hydrogen (secondary N) is 2. The highest BCUT2D eigenvalue weighted by Crippen LogP contribution is 2.28. The van der Waals surface area contributed by atoms with Crippen molar-refractivity contribution in [1.29, 1.82) is 10.8 Å². The van der Waals surface area contributed by atoms with Crippen LogP contribution >= 0.6 is 24.8 Å². The Bertz CT molecular complexity index is 1610. The predicted octanol–water partition coefficient (Wildman–Crippen LogP) is 4.15. The van der Waals surface area contributed by atoms with Gasteiger partial charge in [-0.1, -0.05) is 24.3 Å². The molecule has 0 aliphatic carbocycles. The van der Waals surface area contributed by atoms with Crippen LogP contribution in [-0.2, 0) is 26.4 Å². The highest BCUT2D eigenvalue weighted by Gasteiger charge is 2.28. The number of ether oxygens (including phenoxy) is 1. The Morgan fingerprint density at radius 3 is 2.12 bits per heavy atom. The van der Waals surface area contributed by atoms with Crippen molar-refractivity contribution in [2.75, 3.05) is 28.7 Å². The third kappa shape index (κ3) is 8.96. The summed E-state index contributed by atoms with van der Waals surface area (Å²) in [7, 11) is -8.06. The number of hydrogen-bond donors (Lipinski definition) is 3. The number of amidine groups is 2. The van der Waals surface area contributed by atoms with Crippen LogP contribution in [0.1, 0.15) is 30.9 Å². The first-order chi connectivity index (χ1) is 18.3. The number of rotatable bonds is 9. The minimum atomic E-state index is -4.24. The van der Waals surface area contributed by atoms with E-state index >= 15 is 0 Å². The summed E-state index contributed by atoms with van der Waals surface area (Å²) in [6.45, 7) is 3.18. The smallest absolute Gasteiger partial charge is 0.249 e. The lowest BCUT2D eigenvalue weighted by Crippen LogP contribution is -2.40. The molecule has 14 heteroatoms. The standard InChI is InChI=1S/C27H33N5O5S2.2ClH/c1-19(28)31-13-11-26(12-14-31)37-25-9-7-24(8-10-25)32(39(35,36)18-38(2,33)34)17-20-3-4-21-5-6-22(27(29)30)16-23(21)15-20;;/h3-10,15-16,26,28H,11-14,17-18H2,1-2H3,(H3,29,30);2*1H. The van der Waals surface area contributed by atoms with Gasteiger partial charge in [-0.05, 0) is 59.7 Å².